The molecule has 110 valence electrons. The summed E-state index contributed by atoms with van der Waals surface area (Å²) < 4.78 is 5.34. The van der Waals surface area contributed by atoms with Crippen LogP contribution in [0.5, 0.6) is 5.75 Å². The molecule has 0 bridgehead atoms. The van der Waals surface area contributed by atoms with E-state index in [0.29, 0.717) is 0 Å². The fourth-order valence-corrected chi connectivity index (χ4v) is 2.11. The average molecular weight is 282 g/mol. The molecule has 3 heteroatoms. The number of methoxy groups -OCH3 is 1. The Bertz CT molecular complexity index is 566. The van der Waals surface area contributed by atoms with Gasteiger partial charge in [0.2, 0.25) is 0 Å². The maximum atomic E-state index is 5.34. The highest BCUT2D eigenvalue weighted by atomic mass is 16.5. The van der Waals surface area contributed by atoms with E-state index in [1.165, 1.54) is 0 Å². The summed E-state index contributed by atoms with van der Waals surface area (Å²) in [4.78, 5) is 6.62. The van der Waals surface area contributed by atoms with E-state index in [4.69, 9.17) is 4.74 Å². The molecule has 3 nitrogen and oxygen atoms in total. The molecule has 0 spiro atoms. The Balaban J connectivity index is 1.80. The number of hydrogen-bond donors (Lipinski definition) is 0. The van der Waals surface area contributed by atoms with Gasteiger partial charge in [-0.15, -0.1) is 0 Å². The van der Waals surface area contributed by atoms with Crippen molar-refractivity contribution in [2.75, 3.05) is 27.2 Å². The number of pyridine rings is 1. The van der Waals surface area contributed by atoms with Crippen LogP contribution >= 0.6 is 0 Å². The minimum atomic E-state index is 0.907. The third kappa shape index (κ3) is 5.04. The van der Waals surface area contributed by atoms with E-state index < -0.39 is 0 Å². The number of likely N-dealkylation sites (N-methyl/N-ethyl adjacent to an activating group) is 1. The lowest BCUT2D eigenvalue weighted by molar-refractivity contribution is 0.374. The van der Waals surface area contributed by atoms with Crippen molar-refractivity contribution in [3.63, 3.8) is 0 Å². The number of nitrogens with zero attached hydrogens (tertiary/aromatic N) is 2. The Hall–Kier alpha value is -2.13. The van der Waals surface area contributed by atoms with Crippen LogP contribution in [0.3, 0.4) is 0 Å². The summed E-state index contributed by atoms with van der Waals surface area (Å²) >= 11 is 0. The molecule has 1 aromatic carbocycles. The molecular weight excluding hydrogens is 260 g/mol. The fourth-order valence-electron chi connectivity index (χ4n) is 2.11. The highest BCUT2D eigenvalue weighted by Gasteiger charge is 1.99. The quantitative estimate of drug-likeness (QED) is 0.779. The monoisotopic (exact) mass is 282 g/mol. The molecule has 2 aromatic rings. The van der Waals surface area contributed by atoms with Crippen LogP contribution < -0.4 is 4.74 Å². The summed E-state index contributed by atoms with van der Waals surface area (Å²) in [6, 6.07) is 14.1. The van der Waals surface area contributed by atoms with Crippen LogP contribution in [0.2, 0.25) is 0 Å². The van der Waals surface area contributed by atoms with E-state index in [1.807, 2.05) is 36.5 Å². The fraction of sp³-hybridized carbons (Fsp3) is 0.278. The Kier molecular flexibility index (Phi) is 5.98. The second-order valence-corrected chi connectivity index (χ2v) is 4.98. The number of ether oxygens (including phenoxy) is 1. The highest BCUT2D eigenvalue weighted by Crippen LogP contribution is 2.18. The summed E-state index contributed by atoms with van der Waals surface area (Å²) in [7, 11) is 3.82. The molecular formula is C18H22N2O. The smallest absolute Gasteiger partial charge is 0.126 e. The van der Waals surface area contributed by atoms with Gasteiger partial charge in [0, 0.05) is 37.0 Å². The topological polar surface area (TPSA) is 25.4 Å². The van der Waals surface area contributed by atoms with E-state index >= 15 is 0 Å². The van der Waals surface area contributed by atoms with Gasteiger partial charge in [-0.1, -0.05) is 36.4 Å². The van der Waals surface area contributed by atoms with E-state index in [2.05, 4.69) is 41.2 Å². The first-order chi connectivity index (χ1) is 10.3. The number of rotatable bonds is 7. The van der Waals surface area contributed by atoms with Crippen molar-refractivity contribution in [2.45, 2.75) is 6.42 Å². The molecule has 0 unspecified atom stereocenters. The third-order valence-corrected chi connectivity index (χ3v) is 3.33. The van der Waals surface area contributed by atoms with Crippen LogP contribution in [-0.2, 0) is 6.42 Å². The first-order valence-corrected chi connectivity index (χ1v) is 7.17. The predicted molar refractivity (Wildman–Crippen MR) is 87.5 cm³/mol. The second kappa shape index (κ2) is 8.22. The molecule has 1 heterocycles. The van der Waals surface area contributed by atoms with Crippen LogP contribution in [0.25, 0.3) is 6.08 Å². The van der Waals surface area contributed by atoms with Gasteiger partial charge in [0.25, 0.3) is 0 Å². The maximum Gasteiger partial charge on any atom is 0.126 e. The molecule has 0 N–H and O–H groups in total. The Morgan fingerprint density at radius 2 is 1.95 bits per heavy atom. The molecule has 1 aromatic heterocycles. The van der Waals surface area contributed by atoms with Crippen LogP contribution in [-0.4, -0.2) is 37.1 Å². The number of benzene rings is 1. The molecule has 0 radical (unpaired) electrons. The zero-order valence-corrected chi connectivity index (χ0v) is 12.7. The van der Waals surface area contributed by atoms with Gasteiger partial charge in [-0.05, 0) is 25.2 Å². The first-order valence-electron chi connectivity index (χ1n) is 7.17. The third-order valence-electron chi connectivity index (χ3n) is 3.33. The van der Waals surface area contributed by atoms with Crippen molar-refractivity contribution in [1.82, 2.24) is 9.88 Å². The number of aromatic nitrogens is 1. The molecule has 0 amide bonds. The Morgan fingerprint density at radius 3 is 2.71 bits per heavy atom. The first kappa shape index (κ1) is 15.3. The summed E-state index contributed by atoms with van der Waals surface area (Å²) in [5.74, 6) is 0.907. The molecule has 21 heavy (non-hydrogen) atoms. The van der Waals surface area contributed by atoms with E-state index in [-0.39, 0.29) is 0 Å². The average Bonchev–Trinajstić information content (AvgIpc) is 2.54. The zero-order valence-electron chi connectivity index (χ0n) is 12.7. The standard InChI is InChI=1S/C18H22N2O/c1-20(15-12-17-10-5-6-13-19-17)14-7-9-16-8-3-4-11-18(16)21-2/h3-11,13H,12,14-15H2,1-2H3. The molecule has 0 saturated heterocycles. The van der Waals surface area contributed by atoms with E-state index in [9.17, 15) is 0 Å². The van der Waals surface area contributed by atoms with Gasteiger partial charge in [-0.25, -0.2) is 0 Å². The van der Waals surface area contributed by atoms with Crippen molar-refractivity contribution >= 4 is 6.08 Å². The van der Waals surface area contributed by atoms with Gasteiger partial charge < -0.3 is 9.64 Å². The highest BCUT2D eigenvalue weighted by molar-refractivity contribution is 5.57. The van der Waals surface area contributed by atoms with Crippen LogP contribution in [0, 0.1) is 0 Å². The zero-order chi connectivity index (χ0) is 14.9. The molecule has 0 atom stereocenters. The molecule has 0 aliphatic heterocycles. The van der Waals surface area contributed by atoms with Crippen molar-refractivity contribution in [3.8, 4) is 5.75 Å². The van der Waals surface area contributed by atoms with Crippen molar-refractivity contribution in [3.05, 3.63) is 66.0 Å². The molecule has 0 aliphatic carbocycles. The van der Waals surface area contributed by atoms with E-state index in [1.54, 1.807) is 7.11 Å². The van der Waals surface area contributed by atoms with E-state index in [0.717, 1.165) is 36.5 Å². The second-order valence-electron chi connectivity index (χ2n) is 4.98. The van der Waals surface area contributed by atoms with Crippen molar-refractivity contribution < 1.29 is 4.74 Å². The normalized spacial score (nSPS) is 11.2. The maximum absolute atomic E-state index is 5.34. The van der Waals surface area contributed by atoms with Gasteiger partial charge in [-0.3, -0.25) is 4.98 Å². The van der Waals surface area contributed by atoms with Crippen molar-refractivity contribution in [1.29, 1.82) is 0 Å². The molecule has 0 aliphatic rings. The molecule has 0 fully saturated rings. The SMILES string of the molecule is COc1ccccc1C=CCN(C)CCc1ccccn1. The van der Waals surface area contributed by atoms with Crippen LogP contribution in [0.15, 0.2) is 54.7 Å². The van der Waals surface area contributed by atoms with Gasteiger partial charge in [0.15, 0.2) is 0 Å². The lowest BCUT2D eigenvalue weighted by Gasteiger charge is -2.13. The number of para-hydroxylation sites is 1. The Morgan fingerprint density at radius 1 is 1.14 bits per heavy atom. The van der Waals surface area contributed by atoms with Crippen LogP contribution in [0.1, 0.15) is 11.3 Å². The van der Waals surface area contributed by atoms with Gasteiger partial charge in [0.1, 0.15) is 5.75 Å². The summed E-state index contributed by atoms with van der Waals surface area (Å²) in [6.45, 7) is 1.90. The minimum absolute atomic E-state index is 0.907. The van der Waals surface area contributed by atoms with Gasteiger partial charge >= 0.3 is 0 Å². The van der Waals surface area contributed by atoms with Crippen molar-refractivity contribution in [2.24, 2.45) is 0 Å². The largest absolute Gasteiger partial charge is 0.496 e. The lowest BCUT2D eigenvalue weighted by atomic mass is 10.2. The Labute approximate surface area is 126 Å². The summed E-state index contributed by atoms with van der Waals surface area (Å²) in [5, 5.41) is 0. The number of hydrogen-bond acceptors (Lipinski definition) is 3. The minimum Gasteiger partial charge on any atom is -0.496 e. The lowest BCUT2D eigenvalue weighted by Crippen LogP contribution is -2.21. The summed E-state index contributed by atoms with van der Waals surface area (Å²) in [6.07, 6.45) is 7.09. The van der Waals surface area contributed by atoms with Crippen LogP contribution in [0.4, 0.5) is 0 Å². The molecule has 0 saturated carbocycles. The summed E-state index contributed by atoms with van der Waals surface area (Å²) in [5.41, 5.74) is 2.25. The predicted octanol–water partition coefficient (Wildman–Crippen LogP) is 3.28. The van der Waals surface area contributed by atoms with Gasteiger partial charge in [0.05, 0.1) is 7.11 Å². The van der Waals surface area contributed by atoms with Gasteiger partial charge in [-0.2, -0.15) is 0 Å². The molecule has 2 rings (SSSR count).